The lowest BCUT2D eigenvalue weighted by Crippen LogP contribution is -2.49. The van der Waals surface area contributed by atoms with Crippen LogP contribution in [-0.4, -0.2) is 53.0 Å². The second kappa shape index (κ2) is 7.40. The summed E-state index contributed by atoms with van der Waals surface area (Å²) in [6.45, 7) is 3.35. The van der Waals surface area contributed by atoms with E-state index >= 15 is 0 Å². The first-order valence-electron chi connectivity index (χ1n) is 7.15. The summed E-state index contributed by atoms with van der Waals surface area (Å²) in [6.07, 6.45) is 0.271. The summed E-state index contributed by atoms with van der Waals surface area (Å²) >= 11 is 0. The summed E-state index contributed by atoms with van der Waals surface area (Å²) in [5.74, 6) is 0.198. The van der Waals surface area contributed by atoms with Gasteiger partial charge in [-0.1, -0.05) is 35.5 Å². The van der Waals surface area contributed by atoms with E-state index in [0.717, 1.165) is 12.1 Å². The summed E-state index contributed by atoms with van der Waals surface area (Å²) in [5.41, 5.74) is 6.82. The minimum Gasteiger partial charge on any atom is -0.409 e. The molecule has 1 aliphatic heterocycles. The number of ether oxygens (including phenoxy) is 1. The van der Waals surface area contributed by atoms with Crippen molar-refractivity contribution in [3.63, 3.8) is 0 Å². The van der Waals surface area contributed by atoms with Crippen LogP contribution in [0, 0.1) is 0 Å². The molecule has 4 N–H and O–H groups in total. The molecule has 1 aliphatic rings. The molecular formula is C15H23N3O3. The molecule has 0 radical (unpaired) electrons. The average Bonchev–Trinajstić information content (AvgIpc) is 2.52. The molecule has 6 heteroatoms. The number of oxime groups is 1. The summed E-state index contributed by atoms with van der Waals surface area (Å²) in [4.78, 5) is 2.22. The molecular weight excluding hydrogens is 270 g/mol. The number of amidine groups is 1. The van der Waals surface area contributed by atoms with Crippen molar-refractivity contribution in [3.8, 4) is 0 Å². The van der Waals surface area contributed by atoms with Crippen LogP contribution in [0.5, 0.6) is 0 Å². The van der Waals surface area contributed by atoms with Gasteiger partial charge in [-0.05, 0) is 12.5 Å². The number of hydrogen-bond acceptors (Lipinski definition) is 5. The van der Waals surface area contributed by atoms with Crippen LogP contribution in [0.25, 0.3) is 0 Å². The Hall–Kier alpha value is -1.63. The highest BCUT2D eigenvalue weighted by Gasteiger charge is 2.31. The van der Waals surface area contributed by atoms with Crippen molar-refractivity contribution in [2.24, 2.45) is 10.9 Å². The number of nitrogens with zero attached hydrogens (tertiary/aromatic N) is 2. The number of rotatable bonds is 5. The third-order valence-corrected chi connectivity index (χ3v) is 3.71. The molecule has 0 bridgehead atoms. The number of aliphatic hydroxyl groups is 1. The van der Waals surface area contributed by atoms with Gasteiger partial charge in [-0.25, -0.2) is 0 Å². The first-order valence-corrected chi connectivity index (χ1v) is 7.15. The lowest BCUT2D eigenvalue weighted by atomic mass is 9.99. The molecule has 0 spiro atoms. The third kappa shape index (κ3) is 4.17. The number of morpholine rings is 1. The molecule has 0 saturated carbocycles. The topological polar surface area (TPSA) is 91.3 Å². The van der Waals surface area contributed by atoms with Gasteiger partial charge in [-0.15, -0.1) is 0 Å². The normalized spacial score (nSPS) is 25.7. The Morgan fingerprint density at radius 3 is 2.76 bits per heavy atom. The zero-order chi connectivity index (χ0) is 15.2. The van der Waals surface area contributed by atoms with Crippen LogP contribution in [0.1, 0.15) is 24.9 Å². The molecule has 2 rings (SSSR count). The number of benzene rings is 1. The highest BCUT2D eigenvalue weighted by Crippen LogP contribution is 2.27. The van der Waals surface area contributed by atoms with Gasteiger partial charge >= 0.3 is 0 Å². The number of hydrogen-bond donors (Lipinski definition) is 3. The van der Waals surface area contributed by atoms with Crippen molar-refractivity contribution in [1.29, 1.82) is 0 Å². The Bertz CT molecular complexity index is 466. The van der Waals surface area contributed by atoms with Crippen LogP contribution in [0.15, 0.2) is 35.5 Å². The van der Waals surface area contributed by atoms with Crippen LogP contribution in [-0.2, 0) is 4.74 Å². The van der Waals surface area contributed by atoms with Gasteiger partial charge in [0.25, 0.3) is 0 Å². The standard InChI is InChI=1S/C15H23N3O3/c1-11-8-18(9-13(10-19)21-11)14(7-15(16)17-20)12-5-3-2-4-6-12/h2-6,11,13-14,19-20H,7-10H2,1H3,(H2,16,17). The maximum atomic E-state index is 9.37. The second-order valence-corrected chi connectivity index (χ2v) is 5.43. The maximum absolute atomic E-state index is 9.37. The molecule has 6 nitrogen and oxygen atoms in total. The largest absolute Gasteiger partial charge is 0.409 e. The van der Waals surface area contributed by atoms with E-state index in [9.17, 15) is 5.11 Å². The molecule has 0 amide bonds. The van der Waals surface area contributed by atoms with Gasteiger partial charge < -0.3 is 20.8 Å². The lowest BCUT2D eigenvalue weighted by molar-refractivity contribution is -0.105. The molecule has 3 atom stereocenters. The highest BCUT2D eigenvalue weighted by atomic mass is 16.5. The van der Waals surface area contributed by atoms with Gasteiger partial charge in [0, 0.05) is 25.6 Å². The maximum Gasteiger partial charge on any atom is 0.141 e. The van der Waals surface area contributed by atoms with E-state index in [1.54, 1.807) is 0 Å². The third-order valence-electron chi connectivity index (χ3n) is 3.71. The quantitative estimate of drug-likeness (QED) is 0.325. The molecule has 1 aromatic rings. The zero-order valence-electron chi connectivity index (χ0n) is 12.2. The van der Waals surface area contributed by atoms with E-state index in [1.807, 2.05) is 37.3 Å². The monoisotopic (exact) mass is 293 g/mol. The van der Waals surface area contributed by atoms with E-state index in [1.165, 1.54) is 0 Å². The molecule has 1 saturated heterocycles. The summed E-state index contributed by atoms with van der Waals surface area (Å²) in [6, 6.07) is 9.97. The summed E-state index contributed by atoms with van der Waals surface area (Å²) in [5, 5.41) is 21.3. The van der Waals surface area contributed by atoms with Gasteiger partial charge in [0.05, 0.1) is 18.8 Å². The van der Waals surface area contributed by atoms with Crippen molar-refractivity contribution in [2.45, 2.75) is 31.6 Å². The predicted molar refractivity (Wildman–Crippen MR) is 80.2 cm³/mol. The molecule has 1 heterocycles. The fourth-order valence-electron chi connectivity index (χ4n) is 2.81. The van der Waals surface area contributed by atoms with E-state index < -0.39 is 0 Å². The van der Waals surface area contributed by atoms with Crippen LogP contribution in [0.2, 0.25) is 0 Å². The number of nitrogens with two attached hydrogens (primary N) is 1. The predicted octanol–water partition coefficient (Wildman–Crippen LogP) is 0.946. The number of aliphatic hydroxyl groups excluding tert-OH is 1. The average molecular weight is 293 g/mol. The van der Waals surface area contributed by atoms with Gasteiger partial charge in [0.15, 0.2) is 0 Å². The minimum absolute atomic E-state index is 0.00231. The highest BCUT2D eigenvalue weighted by molar-refractivity contribution is 5.80. The molecule has 1 aromatic carbocycles. The van der Waals surface area contributed by atoms with Gasteiger partial charge in [-0.2, -0.15) is 0 Å². The van der Waals surface area contributed by atoms with Gasteiger partial charge in [0.1, 0.15) is 5.84 Å². The van der Waals surface area contributed by atoms with E-state index in [-0.39, 0.29) is 30.7 Å². The van der Waals surface area contributed by atoms with Crippen molar-refractivity contribution in [2.75, 3.05) is 19.7 Å². The van der Waals surface area contributed by atoms with Crippen molar-refractivity contribution in [1.82, 2.24) is 4.90 Å². The van der Waals surface area contributed by atoms with E-state index in [2.05, 4.69) is 10.1 Å². The van der Waals surface area contributed by atoms with E-state index in [4.69, 9.17) is 15.7 Å². The summed E-state index contributed by atoms with van der Waals surface area (Å²) in [7, 11) is 0. The van der Waals surface area contributed by atoms with Crippen LogP contribution < -0.4 is 5.73 Å². The zero-order valence-corrected chi connectivity index (χ0v) is 12.2. The van der Waals surface area contributed by atoms with Gasteiger partial charge in [-0.3, -0.25) is 4.90 Å². The van der Waals surface area contributed by atoms with Crippen molar-refractivity contribution >= 4 is 5.84 Å². The molecule has 1 fully saturated rings. The Morgan fingerprint density at radius 1 is 1.43 bits per heavy atom. The van der Waals surface area contributed by atoms with Crippen LogP contribution >= 0.6 is 0 Å². The van der Waals surface area contributed by atoms with E-state index in [0.29, 0.717) is 13.0 Å². The Labute approximate surface area is 124 Å². The molecule has 21 heavy (non-hydrogen) atoms. The fourth-order valence-corrected chi connectivity index (χ4v) is 2.81. The smallest absolute Gasteiger partial charge is 0.141 e. The first-order chi connectivity index (χ1) is 10.1. The Morgan fingerprint density at radius 2 is 2.14 bits per heavy atom. The first kappa shape index (κ1) is 15.8. The second-order valence-electron chi connectivity index (χ2n) is 5.43. The molecule has 0 aromatic heterocycles. The SMILES string of the molecule is CC1CN(C(C/C(N)=N/O)c2ccccc2)CC(CO)O1. The Kier molecular flexibility index (Phi) is 5.55. The summed E-state index contributed by atoms with van der Waals surface area (Å²) < 4.78 is 5.68. The minimum atomic E-state index is -0.202. The Balaban J connectivity index is 2.22. The fraction of sp³-hybridized carbons (Fsp3) is 0.533. The van der Waals surface area contributed by atoms with Crippen molar-refractivity contribution < 1.29 is 15.1 Å². The van der Waals surface area contributed by atoms with Crippen LogP contribution in [0.3, 0.4) is 0 Å². The lowest BCUT2D eigenvalue weighted by Gasteiger charge is -2.40. The van der Waals surface area contributed by atoms with Gasteiger partial charge in [0.2, 0.25) is 0 Å². The van der Waals surface area contributed by atoms with Crippen molar-refractivity contribution in [3.05, 3.63) is 35.9 Å². The molecule has 0 aliphatic carbocycles. The molecule has 3 unspecified atom stereocenters. The van der Waals surface area contributed by atoms with Crippen LogP contribution in [0.4, 0.5) is 0 Å². The molecule has 116 valence electrons.